The van der Waals surface area contributed by atoms with Crippen molar-refractivity contribution in [2.24, 2.45) is 0 Å². The number of pyridine rings is 1. The summed E-state index contributed by atoms with van der Waals surface area (Å²) in [5, 5.41) is 0. The summed E-state index contributed by atoms with van der Waals surface area (Å²) in [7, 11) is -3.16. The predicted molar refractivity (Wildman–Crippen MR) is 83.7 cm³/mol. The lowest BCUT2D eigenvalue weighted by Gasteiger charge is -2.18. The zero-order valence-corrected chi connectivity index (χ0v) is 13.3. The van der Waals surface area contributed by atoms with Gasteiger partial charge in [0, 0.05) is 48.7 Å². The summed E-state index contributed by atoms with van der Waals surface area (Å²) in [6.07, 6.45) is 6.27. The predicted octanol–water partition coefficient (Wildman–Crippen LogP) is 1.29. The Bertz CT molecular complexity index is 762. The maximum atomic E-state index is 12.1. The molecule has 2 aromatic rings. The van der Waals surface area contributed by atoms with E-state index in [0.717, 1.165) is 22.5 Å². The number of rotatable bonds is 3. The molecule has 0 saturated heterocycles. The van der Waals surface area contributed by atoms with Crippen molar-refractivity contribution < 1.29 is 8.42 Å². The maximum Gasteiger partial charge on any atom is 0.213 e. The van der Waals surface area contributed by atoms with Crippen LogP contribution in [0.1, 0.15) is 18.2 Å². The van der Waals surface area contributed by atoms with Crippen molar-refractivity contribution in [3.63, 3.8) is 0 Å². The first kappa shape index (κ1) is 15.1. The third kappa shape index (κ3) is 2.86. The van der Waals surface area contributed by atoms with Gasteiger partial charge in [0.15, 0.2) is 0 Å². The molecule has 0 unspecified atom stereocenters. The molecule has 7 heteroatoms. The molecule has 0 radical (unpaired) electrons. The fourth-order valence-corrected chi connectivity index (χ4v) is 3.83. The number of hydrogen-bond donors (Lipinski definition) is 0. The van der Waals surface area contributed by atoms with E-state index < -0.39 is 10.0 Å². The molecule has 0 spiro atoms. The summed E-state index contributed by atoms with van der Waals surface area (Å²) in [6, 6.07) is 3.82. The van der Waals surface area contributed by atoms with Gasteiger partial charge in [-0.15, -0.1) is 0 Å². The van der Waals surface area contributed by atoms with Gasteiger partial charge in [-0.25, -0.2) is 22.7 Å². The van der Waals surface area contributed by atoms with Crippen LogP contribution in [0.15, 0.2) is 30.9 Å². The van der Waals surface area contributed by atoms with Crippen LogP contribution in [0.2, 0.25) is 0 Å². The number of aromatic nitrogens is 3. The van der Waals surface area contributed by atoms with E-state index in [9.17, 15) is 8.42 Å². The van der Waals surface area contributed by atoms with Crippen molar-refractivity contribution in [3.8, 4) is 11.3 Å². The molecule has 2 aromatic heterocycles. The molecule has 0 fully saturated rings. The van der Waals surface area contributed by atoms with Crippen LogP contribution in [0, 0.1) is 0 Å². The molecule has 1 aliphatic heterocycles. The standard InChI is InChI=1S/C15H18N4O2S/c1-2-22(20,21)19-9-5-13-14(6-10-19)17-11-18-15(13)12-3-7-16-8-4-12/h3-4,7-8,11H,2,5-6,9-10H2,1H3. The number of hydrogen-bond acceptors (Lipinski definition) is 5. The van der Waals surface area contributed by atoms with Gasteiger partial charge in [0.2, 0.25) is 10.0 Å². The van der Waals surface area contributed by atoms with Gasteiger partial charge in [-0.3, -0.25) is 4.98 Å². The van der Waals surface area contributed by atoms with Crippen LogP contribution in [-0.4, -0.2) is 46.5 Å². The molecular formula is C15H18N4O2S. The van der Waals surface area contributed by atoms with E-state index in [1.165, 1.54) is 0 Å². The van der Waals surface area contributed by atoms with Gasteiger partial charge < -0.3 is 0 Å². The van der Waals surface area contributed by atoms with Gasteiger partial charge in [-0.2, -0.15) is 0 Å². The Hall–Kier alpha value is -1.86. The molecule has 0 N–H and O–H groups in total. The normalized spacial score (nSPS) is 16.0. The molecule has 0 amide bonds. The molecule has 22 heavy (non-hydrogen) atoms. The van der Waals surface area contributed by atoms with Crippen molar-refractivity contribution in [2.75, 3.05) is 18.8 Å². The van der Waals surface area contributed by atoms with Crippen molar-refractivity contribution in [3.05, 3.63) is 42.1 Å². The van der Waals surface area contributed by atoms with Crippen LogP contribution in [0.5, 0.6) is 0 Å². The van der Waals surface area contributed by atoms with Crippen LogP contribution in [-0.2, 0) is 22.9 Å². The lowest BCUT2D eigenvalue weighted by Crippen LogP contribution is -2.34. The number of nitrogens with zero attached hydrogens (tertiary/aromatic N) is 4. The van der Waals surface area contributed by atoms with Gasteiger partial charge in [0.25, 0.3) is 0 Å². The minimum Gasteiger partial charge on any atom is -0.265 e. The summed E-state index contributed by atoms with van der Waals surface area (Å²) >= 11 is 0. The summed E-state index contributed by atoms with van der Waals surface area (Å²) in [5.41, 5.74) is 3.85. The van der Waals surface area contributed by atoms with Crippen LogP contribution < -0.4 is 0 Å². The van der Waals surface area contributed by atoms with Gasteiger partial charge in [-0.1, -0.05) is 0 Å². The van der Waals surface area contributed by atoms with E-state index >= 15 is 0 Å². The Labute approximate surface area is 130 Å². The molecule has 1 aliphatic rings. The van der Waals surface area contributed by atoms with Crippen LogP contribution in [0.4, 0.5) is 0 Å². The number of fused-ring (bicyclic) bond motifs is 1. The highest BCUT2D eigenvalue weighted by atomic mass is 32.2. The minimum absolute atomic E-state index is 0.131. The van der Waals surface area contributed by atoms with E-state index in [1.807, 2.05) is 12.1 Å². The quantitative estimate of drug-likeness (QED) is 0.852. The molecule has 3 heterocycles. The lowest BCUT2D eigenvalue weighted by atomic mass is 10.0. The van der Waals surface area contributed by atoms with Crippen molar-refractivity contribution in [2.45, 2.75) is 19.8 Å². The first-order valence-electron chi connectivity index (χ1n) is 7.33. The van der Waals surface area contributed by atoms with Crippen LogP contribution >= 0.6 is 0 Å². The van der Waals surface area contributed by atoms with Gasteiger partial charge in [0.1, 0.15) is 6.33 Å². The second-order valence-corrected chi connectivity index (χ2v) is 7.44. The fourth-order valence-electron chi connectivity index (χ4n) is 2.73. The second kappa shape index (κ2) is 6.10. The Morgan fingerprint density at radius 3 is 2.59 bits per heavy atom. The van der Waals surface area contributed by atoms with Crippen LogP contribution in [0.25, 0.3) is 11.3 Å². The van der Waals surface area contributed by atoms with Crippen LogP contribution in [0.3, 0.4) is 0 Å². The monoisotopic (exact) mass is 318 g/mol. The average molecular weight is 318 g/mol. The smallest absolute Gasteiger partial charge is 0.213 e. The summed E-state index contributed by atoms with van der Waals surface area (Å²) in [5.74, 6) is 0.131. The summed E-state index contributed by atoms with van der Waals surface area (Å²) < 4.78 is 25.8. The van der Waals surface area contributed by atoms with Gasteiger partial charge >= 0.3 is 0 Å². The topological polar surface area (TPSA) is 76.1 Å². The molecule has 3 rings (SSSR count). The van der Waals surface area contributed by atoms with Gasteiger partial charge in [-0.05, 0) is 25.5 Å². The maximum absolute atomic E-state index is 12.1. The molecule has 116 valence electrons. The average Bonchev–Trinajstić information content (AvgIpc) is 2.78. The van der Waals surface area contributed by atoms with E-state index in [1.54, 1.807) is 29.9 Å². The molecule has 6 nitrogen and oxygen atoms in total. The summed E-state index contributed by atoms with van der Waals surface area (Å²) in [4.78, 5) is 12.8. The zero-order valence-electron chi connectivity index (χ0n) is 12.4. The van der Waals surface area contributed by atoms with Gasteiger partial charge in [0.05, 0.1) is 11.4 Å². The third-order valence-corrected chi connectivity index (χ3v) is 5.84. The van der Waals surface area contributed by atoms with E-state index in [0.29, 0.717) is 25.9 Å². The van der Waals surface area contributed by atoms with E-state index in [4.69, 9.17) is 0 Å². The molecular weight excluding hydrogens is 300 g/mol. The number of sulfonamides is 1. The largest absolute Gasteiger partial charge is 0.265 e. The Kier molecular flexibility index (Phi) is 4.17. The highest BCUT2D eigenvalue weighted by Gasteiger charge is 2.25. The van der Waals surface area contributed by atoms with Crippen molar-refractivity contribution >= 4 is 10.0 Å². The molecule has 0 bridgehead atoms. The summed E-state index contributed by atoms with van der Waals surface area (Å²) in [6.45, 7) is 2.64. The molecule has 0 aromatic carbocycles. The molecule has 0 atom stereocenters. The van der Waals surface area contributed by atoms with E-state index in [2.05, 4.69) is 15.0 Å². The van der Waals surface area contributed by atoms with E-state index in [-0.39, 0.29) is 5.75 Å². The van der Waals surface area contributed by atoms with Crippen molar-refractivity contribution in [1.29, 1.82) is 0 Å². The first-order valence-corrected chi connectivity index (χ1v) is 8.93. The third-order valence-electron chi connectivity index (χ3n) is 3.96. The Morgan fingerprint density at radius 1 is 1.14 bits per heavy atom. The molecule has 0 aliphatic carbocycles. The minimum atomic E-state index is -3.16. The highest BCUT2D eigenvalue weighted by molar-refractivity contribution is 7.89. The van der Waals surface area contributed by atoms with Crippen molar-refractivity contribution in [1.82, 2.24) is 19.3 Å². The SMILES string of the molecule is CCS(=O)(=O)N1CCc2ncnc(-c3ccncc3)c2CC1. The first-order chi connectivity index (χ1) is 10.6. The Balaban J connectivity index is 1.97. The zero-order chi connectivity index (χ0) is 15.6. The Morgan fingerprint density at radius 2 is 1.86 bits per heavy atom. The fraction of sp³-hybridized carbons (Fsp3) is 0.400. The highest BCUT2D eigenvalue weighted by Crippen LogP contribution is 2.25. The molecule has 0 saturated carbocycles. The lowest BCUT2D eigenvalue weighted by molar-refractivity contribution is 0.427. The second-order valence-electron chi connectivity index (χ2n) is 5.18.